The Labute approximate surface area is 177 Å². The molecule has 30 heavy (non-hydrogen) atoms. The second kappa shape index (κ2) is 10.5. The maximum Gasteiger partial charge on any atom is 0.185 e. The van der Waals surface area contributed by atoms with Gasteiger partial charge in [-0.05, 0) is 55.7 Å². The van der Waals surface area contributed by atoms with Gasteiger partial charge in [-0.3, -0.25) is 4.79 Å². The first kappa shape index (κ1) is 23.0. The lowest BCUT2D eigenvalue weighted by atomic mass is 9.86. The van der Waals surface area contributed by atoms with Crippen molar-refractivity contribution in [3.63, 3.8) is 0 Å². The molecule has 0 aliphatic heterocycles. The molecule has 0 atom stereocenters. The number of rotatable bonds is 6. The van der Waals surface area contributed by atoms with Crippen molar-refractivity contribution in [2.24, 2.45) is 0 Å². The van der Waals surface area contributed by atoms with Crippen LogP contribution in [0.15, 0.2) is 47.5 Å². The fourth-order valence-corrected chi connectivity index (χ4v) is 3.43. The van der Waals surface area contributed by atoms with E-state index in [0.29, 0.717) is 23.0 Å². The van der Waals surface area contributed by atoms with E-state index < -0.39 is 0 Å². The molecule has 0 radical (unpaired) electrons. The second-order valence-electron chi connectivity index (χ2n) is 6.74. The first-order chi connectivity index (χ1) is 14.1. The molecule has 0 unspecified atom stereocenters. The lowest BCUT2D eigenvalue weighted by Crippen LogP contribution is -2.12. The Balaban J connectivity index is 0.00000320. The minimum atomic E-state index is 0. The summed E-state index contributed by atoms with van der Waals surface area (Å²) in [6, 6.07) is 11.2. The zero-order valence-electron chi connectivity index (χ0n) is 17.8. The molecule has 0 bridgehead atoms. The number of allylic oxidation sites excluding steroid dienone is 2. The van der Waals surface area contributed by atoms with E-state index in [4.69, 9.17) is 18.9 Å². The van der Waals surface area contributed by atoms with Crippen molar-refractivity contribution in [3.8, 4) is 23.0 Å². The van der Waals surface area contributed by atoms with Gasteiger partial charge in [-0.25, -0.2) is 0 Å². The number of carbonyl (C=O) groups excluding carboxylic acids is 1. The fourth-order valence-electron chi connectivity index (χ4n) is 3.43. The van der Waals surface area contributed by atoms with Crippen molar-refractivity contribution in [1.82, 2.24) is 0 Å². The number of Topliss-reactive ketones (excluding diaryl/α,β-unsaturated/α-hetero) is 1. The van der Waals surface area contributed by atoms with Crippen LogP contribution in [0.25, 0.3) is 12.2 Å². The van der Waals surface area contributed by atoms with Crippen LogP contribution in [-0.2, 0) is 4.79 Å². The van der Waals surface area contributed by atoms with E-state index in [9.17, 15) is 4.79 Å². The SMILES string of the molecule is COc1ccc(/C=C2\CCC/C(=C\c3ccc(OC)cc3OC)C2=O)c(OC)c1.O. The summed E-state index contributed by atoms with van der Waals surface area (Å²) >= 11 is 0. The van der Waals surface area contributed by atoms with E-state index in [-0.39, 0.29) is 11.3 Å². The lowest BCUT2D eigenvalue weighted by Gasteiger charge is -2.18. The number of ketones is 1. The summed E-state index contributed by atoms with van der Waals surface area (Å²) in [6.45, 7) is 0. The molecule has 1 saturated carbocycles. The van der Waals surface area contributed by atoms with Crippen LogP contribution in [0.2, 0.25) is 0 Å². The first-order valence-corrected chi connectivity index (χ1v) is 9.49. The summed E-state index contributed by atoms with van der Waals surface area (Å²) in [5, 5.41) is 0. The summed E-state index contributed by atoms with van der Waals surface area (Å²) in [4.78, 5) is 13.1. The highest BCUT2D eigenvalue weighted by Crippen LogP contribution is 2.33. The summed E-state index contributed by atoms with van der Waals surface area (Å²) in [5.74, 6) is 2.85. The number of methoxy groups -OCH3 is 4. The molecular weight excluding hydrogens is 384 g/mol. The third-order valence-corrected chi connectivity index (χ3v) is 5.02. The minimum Gasteiger partial charge on any atom is -0.497 e. The predicted octanol–water partition coefficient (Wildman–Crippen LogP) is 4.12. The van der Waals surface area contributed by atoms with Crippen LogP contribution in [0.4, 0.5) is 0 Å². The molecule has 1 fully saturated rings. The van der Waals surface area contributed by atoms with E-state index in [1.807, 2.05) is 48.6 Å². The molecule has 160 valence electrons. The molecule has 0 spiro atoms. The molecule has 0 aromatic heterocycles. The largest absolute Gasteiger partial charge is 0.497 e. The molecule has 2 aromatic carbocycles. The predicted molar refractivity (Wildman–Crippen MR) is 118 cm³/mol. The van der Waals surface area contributed by atoms with Crippen molar-refractivity contribution in [2.75, 3.05) is 28.4 Å². The number of hydrogen-bond donors (Lipinski definition) is 0. The number of carbonyl (C=O) groups is 1. The quantitative estimate of drug-likeness (QED) is 0.667. The highest BCUT2D eigenvalue weighted by atomic mass is 16.5. The average molecular weight is 412 g/mol. The third-order valence-electron chi connectivity index (χ3n) is 5.02. The van der Waals surface area contributed by atoms with E-state index in [2.05, 4.69) is 0 Å². The van der Waals surface area contributed by atoms with Gasteiger partial charge in [0.05, 0.1) is 28.4 Å². The smallest absolute Gasteiger partial charge is 0.185 e. The van der Waals surface area contributed by atoms with E-state index in [1.165, 1.54) is 0 Å². The topological polar surface area (TPSA) is 85.5 Å². The van der Waals surface area contributed by atoms with Gasteiger partial charge in [-0.15, -0.1) is 0 Å². The minimum absolute atomic E-state index is 0. The van der Waals surface area contributed by atoms with Crippen molar-refractivity contribution in [2.45, 2.75) is 19.3 Å². The molecule has 6 heteroatoms. The Morgan fingerprint density at radius 2 is 1.13 bits per heavy atom. The third kappa shape index (κ3) is 5.02. The van der Waals surface area contributed by atoms with Crippen molar-refractivity contribution in [1.29, 1.82) is 0 Å². The standard InChI is InChI=1S/C24H26O5.H2O/c1-26-20-10-8-16(22(14-20)28-3)12-18-6-5-7-19(24(18)25)13-17-9-11-21(27-2)15-23(17)29-4;/h8-15H,5-7H2,1-4H3;1H2/b18-12+,19-13+;. The summed E-state index contributed by atoms with van der Waals surface area (Å²) < 4.78 is 21.4. The molecule has 0 amide bonds. The maximum atomic E-state index is 13.1. The second-order valence-corrected chi connectivity index (χ2v) is 6.74. The van der Waals surface area contributed by atoms with Gasteiger partial charge in [0.2, 0.25) is 0 Å². The molecule has 3 rings (SSSR count). The monoisotopic (exact) mass is 412 g/mol. The zero-order chi connectivity index (χ0) is 20.8. The van der Waals surface area contributed by atoms with Crippen LogP contribution < -0.4 is 18.9 Å². The van der Waals surface area contributed by atoms with Crippen LogP contribution >= 0.6 is 0 Å². The molecule has 0 saturated heterocycles. The number of hydrogen-bond acceptors (Lipinski definition) is 5. The van der Waals surface area contributed by atoms with Gasteiger partial charge >= 0.3 is 0 Å². The summed E-state index contributed by atoms with van der Waals surface area (Å²) in [5.41, 5.74) is 3.27. The Kier molecular flexibility index (Phi) is 8.07. The van der Waals surface area contributed by atoms with E-state index in [1.54, 1.807) is 28.4 Å². The maximum absolute atomic E-state index is 13.1. The molecule has 6 nitrogen and oxygen atoms in total. The molecular formula is C24H28O6. The molecule has 1 aliphatic rings. The van der Waals surface area contributed by atoms with Crippen molar-refractivity contribution in [3.05, 3.63) is 58.7 Å². The average Bonchev–Trinajstić information content (AvgIpc) is 2.76. The lowest BCUT2D eigenvalue weighted by molar-refractivity contribution is -0.112. The van der Waals surface area contributed by atoms with Crippen LogP contribution in [0, 0.1) is 0 Å². The molecule has 1 aliphatic carbocycles. The normalized spacial score (nSPS) is 16.2. The van der Waals surface area contributed by atoms with Gasteiger partial charge in [-0.1, -0.05) is 0 Å². The Bertz CT molecular complexity index is 883. The van der Waals surface area contributed by atoms with Crippen LogP contribution in [0.1, 0.15) is 30.4 Å². The van der Waals surface area contributed by atoms with Gasteiger partial charge in [0.1, 0.15) is 23.0 Å². The van der Waals surface area contributed by atoms with Gasteiger partial charge in [0.25, 0.3) is 0 Å². The fraction of sp³-hybridized carbons (Fsp3) is 0.292. The molecule has 0 heterocycles. The van der Waals surface area contributed by atoms with Crippen LogP contribution in [0.3, 0.4) is 0 Å². The Hall–Kier alpha value is -3.25. The van der Waals surface area contributed by atoms with Crippen LogP contribution in [0.5, 0.6) is 23.0 Å². The Morgan fingerprint density at radius 1 is 0.700 bits per heavy atom. The Morgan fingerprint density at radius 3 is 1.50 bits per heavy atom. The van der Waals surface area contributed by atoms with Gasteiger partial charge in [0, 0.05) is 34.4 Å². The van der Waals surface area contributed by atoms with E-state index in [0.717, 1.165) is 41.5 Å². The molecule has 2 N–H and O–H groups in total. The van der Waals surface area contributed by atoms with E-state index >= 15 is 0 Å². The highest BCUT2D eigenvalue weighted by Gasteiger charge is 2.21. The molecule has 2 aromatic rings. The van der Waals surface area contributed by atoms with Crippen molar-refractivity contribution < 1.29 is 29.2 Å². The van der Waals surface area contributed by atoms with Gasteiger partial charge < -0.3 is 24.4 Å². The highest BCUT2D eigenvalue weighted by molar-refractivity contribution is 6.14. The van der Waals surface area contributed by atoms with Gasteiger partial charge in [-0.2, -0.15) is 0 Å². The van der Waals surface area contributed by atoms with Crippen LogP contribution in [-0.4, -0.2) is 39.7 Å². The summed E-state index contributed by atoms with van der Waals surface area (Å²) in [7, 11) is 6.45. The summed E-state index contributed by atoms with van der Waals surface area (Å²) in [6.07, 6.45) is 6.23. The number of benzene rings is 2. The first-order valence-electron chi connectivity index (χ1n) is 9.49. The zero-order valence-corrected chi connectivity index (χ0v) is 17.8. The van der Waals surface area contributed by atoms with Gasteiger partial charge in [0.15, 0.2) is 5.78 Å². The van der Waals surface area contributed by atoms with Crippen molar-refractivity contribution >= 4 is 17.9 Å². The number of ether oxygens (including phenoxy) is 4.